The maximum Gasteiger partial charge on any atom is 0.0241 e. The minimum absolute atomic E-state index is 0.758. The molecule has 0 aromatic rings. The van der Waals surface area contributed by atoms with E-state index >= 15 is 0 Å². The Kier molecular flexibility index (Phi) is 2.61. The summed E-state index contributed by atoms with van der Waals surface area (Å²) < 4.78 is 0. The van der Waals surface area contributed by atoms with Crippen molar-refractivity contribution in [1.29, 1.82) is 0 Å². The van der Waals surface area contributed by atoms with Gasteiger partial charge in [0.25, 0.3) is 0 Å². The fourth-order valence-electron chi connectivity index (χ4n) is 2.36. The van der Waals surface area contributed by atoms with Crippen molar-refractivity contribution >= 4 is 0 Å². The third-order valence-electron chi connectivity index (χ3n) is 3.55. The Morgan fingerprint density at radius 2 is 1.92 bits per heavy atom. The van der Waals surface area contributed by atoms with Crippen molar-refractivity contribution in [1.82, 2.24) is 9.80 Å². The average Bonchev–Trinajstić information content (AvgIpc) is 2.62. The Morgan fingerprint density at radius 3 is 2.31 bits per heavy atom. The molecule has 0 bridgehead atoms. The van der Waals surface area contributed by atoms with Crippen molar-refractivity contribution in [2.45, 2.75) is 51.7 Å². The number of rotatable bonds is 4. The number of nitrogens with zero attached hydrogens (tertiary/aromatic N) is 2. The van der Waals surface area contributed by atoms with Crippen molar-refractivity contribution < 1.29 is 0 Å². The molecule has 2 aliphatic heterocycles. The zero-order chi connectivity index (χ0) is 9.42. The molecule has 0 aromatic heterocycles. The van der Waals surface area contributed by atoms with Gasteiger partial charge in [0.15, 0.2) is 0 Å². The second-order valence-corrected chi connectivity index (χ2v) is 4.92. The van der Waals surface area contributed by atoms with E-state index in [9.17, 15) is 0 Å². The molecule has 0 aromatic carbocycles. The lowest BCUT2D eigenvalue weighted by atomic mass is 10.1. The van der Waals surface area contributed by atoms with Gasteiger partial charge in [-0.2, -0.15) is 0 Å². The predicted molar refractivity (Wildman–Crippen MR) is 55.9 cm³/mol. The molecule has 2 saturated heterocycles. The van der Waals surface area contributed by atoms with Crippen LogP contribution >= 0.6 is 0 Å². The molecule has 76 valence electrons. The van der Waals surface area contributed by atoms with E-state index in [4.69, 9.17) is 0 Å². The van der Waals surface area contributed by atoms with E-state index in [0.29, 0.717) is 0 Å². The monoisotopic (exact) mass is 182 g/mol. The largest absolute Gasteiger partial charge is 0.301 e. The third kappa shape index (κ3) is 2.05. The zero-order valence-electron chi connectivity index (χ0n) is 9.16. The van der Waals surface area contributed by atoms with E-state index in [2.05, 4.69) is 30.6 Å². The topological polar surface area (TPSA) is 6.25 Å². The van der Waals surface area contributed by atoms with Crippen LogP contribution in [-0.4, -0.2) is 47.6 Å². The third-order valence-corrected chi connectivity index (χ3v) is 3.55. The van der Waals surface area contributed by atoms with Gasteiger partial charge in [-0.25, -0.2) is 0 Å². The molecule has 2 heterocycles. The summed E-state index contributed by atoms with van der Waals surface area (Å²) in [6.07, 6.45) is 2.81. The molecule has 2 rings (SSSR count). The molecule has 13 heavy (non-hydrogen) atoms. The summed E-state index contributed by atoms with van der Waals surface area (Å²) in [7, 11) is 0. The summed E-state index contributed by atoms with van der Waals surface area (Å²) in [4.78, 5) is 5.20. The van der Waals surface area contributed by atoms with Crippen molar-refractivity contribution in [2.24, 2.45) is 0 Å². The van der Waals surface area contributed by atoms with Crippen LogP contribution in [0.15, 0.2) is 0 Å². The van der Waals surface area contributed by atoms with E-state index < -0.39 is 0 Å². The van der Waals surface area contributed by atoms with Gasteiger partial charge in [0.2, 0.25) is 0 Å². The van der Waals surface area contributed by atoms with Gasteiger partial charge in [0, 0.05) is 24.7 Å². The molecule has 2 nitrogen and oxygen atoms in total. The highest BCUT2D eigenvalue weighted by molar-refractivity contribution is 4.94. The highest BCUT2D eigenvalue weighted by Gasteiger charge is 2.37. The van der Waals surface area contributed by atoms with E-state index in [1.165, 1.54) is 32.5 Å². The lowest BCUT2D eigenvalue weighted by Crippen LogP contribution is -2.44. The summed E-state index contributed by atoms with van der Waals surface area (Å²) in [6, 6.07) is 2.48. The Balaban J connectivity index is 1.68. The zero-order valence-corrected chi connectivity index (χ0v) is 9.16. The highest BCUT2D eigenvalue weighted by atomic mass is 15.3. The fraction of sp³-hybridized carbons (Fsp3) is 1.00. The van der Waals surface area contributed by atoms with E-state index in [1.807, 2.05) is 0 Å². The summed E-state index contributed by atoms with van der Waals surface area (Å²) in [5.41, 5.74) is 0. The smallest absolute Gasteiger partial charge is 0.0241 e. The highest BCUT2D eigenvalue weighted by Crippen LogP contribution is 2.27. The predicted octanol–water partition coefficient (Wildman–Crippen LogP) is 1.56. The van der Waals surface area contributed by atoms with Gasteiger partial charge >= 0.3 is 0 Å². The molecule has 0 amide bonds. The minimum atomic E-state index is 0.758. The average molecular weight is 182 g/mol. The number of likely N-dealkylation sites (tertiary alicyclic amines) is 1. The molecule has 0 saturated carbocycles. The van der Waals surface area contributed by atoms with Crippen LogP contribution in [0.2, 0.25) is 0 Å². The lowest BCUT2D eigenvalue weighted by molar-refractivity contribution is 0.119. The minimum Gasteiger partial charge on any atom is -0.301 e. The summed E-state index contributed by atoms with van der Waals surface area (Å²) >= 11 is 0. The molecule has 0 spiro atoms. The quantitative estimate of drug-likeness (QED) is 0.609. The number of hydrogen-bond donors (Lipinski definition) is 0. The Hall–Kier alpha value is -0.0800. The molecular formula is C11H22N2. The van der Waals surface area contributed by atoms with Gasteiger partial charge < -0.3 is 4.90 Å². The van der Waals surface area contributed by atoms with Crippen LogP contribution in [0.3, 0.4) is 0 Å². The Labute approximate surface area is 81.9 Å². The van der Waals surface area contributed by atoms with Gasteiger partial charge in [-0.05, 0) is 46.7 Å². The second-order valence-electron chi connectivity index (χ2n) is 4.92. The van der Waals surface area contributed by atoms with Crippen LogP contribution in [0, 0.1) is 0 Å². The molecule has 2 fully saturated rings. The molecule has 3 atom stereocenters. The molecule has 0 aliphatic carbocycles. The van der Waals surface area contributed by atoms with Gasteiger partial charge in [0.05, 0.1) is 0 Å². The normalized spacial score (nSPS) is 36.0. The first kappa shape index (κ1) is 9.47. The Morgan fingerprint density at radius 1 is 1.23 bits per heavy atom. The van der Waals surface area contributed by atoms with Gasteiger partial charge in [-0.3, -0.25) is 4.90 Å². The molecular weight excluding hydrogens is 160 g/mol. The van der Waals surface area contributed by atoms with Crippen LogP contribution in [0.4, 0.5) is 0 Å². The van der Waals surface area contributed by atoms with Crippen molar-refractivity contribution in [2.75, 3.05) is 19.6 Å². The van der Waals surface area contributed by atoms with Crippen LogP contribution < -0.4 is 0 Å². The fourth-order valence-corrected chi connectivity index (χ4v) is 2.36. The first-order valence-electron chi connectivity index (χ1n) is 5.68. The molecule has 0 radical (unpaired) electrons. The van der Waals surface area contributed by atoms with Crippen LogP contribution in [0.1, 0.15) is 33.6 Å². The van der Waals surface area contributed by atoms with E-state index in [-0.39, 0.29) is 0 Å². The van der Waals surface area contributed by atoms with Crippen molar-refractivity contribution in [3.63, 3.8) is 0 Å². The molecule has 2 heteroatoms. The SMILES string of the molecule is CC(CC1CN1C(C)C)N1CCC1. The van der Waals surface area contributed by atoms with E-state index in [1.54, 1.807) is 0 Å². The van der Waals surface area contributed by atoms with E-state index in [0.717, 1.165) is 18.1 Å². The van der Waals surface area contributed by atoms with Crippen LogP contribution in [-0.2, 0) is 0 Å². The summed E-state index contributed by atoms with van der Waals surface area (Å²) in [5, 5.41) is 0. The molecule has 2 aliphatic rings. The van der Waals surface area contributed by atoms with Crippen molar-refractivity contribution in [3.8, 4) is 0 Å². The summed E-state index contributed by atoms with van der Waals surface area (Å²) in [6.45, 7) is 11.0. The Bertz CT molecular complexity index is 175. The van der Waals surface area contributed by atoms with Gasteiger partial charge in [-0.1, -0.05) is 0 Å². The van der Waals surface area contributed by atoms with Crippen LogP contribution in [0.5, 0.6) is 0 Å². The second kappa shape index (κ2) is 3.58. The van der Waals surface area contributed by atoms with Gasteiger partial charge in [-0.15, -0.1) is 0 Å². The lowest BCUT2D eigenvalue weighted by Gasteiger charge is -2.36. The first-order valence-corrected chi connectivity index (χ1v) is 5.68. The van der Waals surface area contributed by atoms with Crippen LogP contribution in [0.25, 0.3) is 0 Å². The van der Waals surface area contributed by atoms with Gasteiger partial charge in [0.1, 0.15) is 0 Å². The molecule has 3 unspecified atom stereocenters. The summed E-state index contributed by atoms with van der Waals surface area (Å²) in [5.74, 6) is 0. The standard InChI is InChI=1S/C11H22N2/c1-9(2)13-8-11(13)7-10(3)12-5-4-6-12/h9-11H,4-8H2,1-3H3. The number of hydrogen-bond acceptors (Lipinski definition) is 2. The van der Waals surface area contributed by atoms with Crippen molar-refractivity contribution in [3.05, 3.63) is 0 Å². The first-order chi connectivity index (χ1) is 6.18. The maximum atomic E-state index is 2.61. The maximum absolute atomic E-state index is 2.61. The molecule has 0 N–H and O–H groups in total.